The molecule has 1 amide bonds. The van der Waals surface area contributed by atoms with Crippen molar-refractivity contribution in [2.24, 2.45) is 0 Å². The molecule has 5 nitrogen and oxygen atoms in total. The largest absolute Gasteiger partial charge is 0.497 e. The average Bonchev–Trinajstić information content (AvgIpc) is 2.76. The standard InChI is InChI=1S/C23H15Cl2NO4/c1-29-16-7-9-21-17(11-16)20(27)12-22(30-21)13-2-5-15(6-3-13)26-23(28)14-4-8-18(24)19(25)10-14/h2-12H,1H3,(H,26,28). The zero-order chi connectivity index (χ0) is 21.3. The number of methoxy groups -OCH3 is 1. The zero-order valence-corrected chi connectivity index (χ0v) is 17.3. The predicted molar refractivity (Wildman–Crippen MR) is 119 cm³/mol. The van der Waals surface area contributed by atoms with Crippen molar-refractivity contribution in [3.05, 3.63) is 92.6 Å². The van der Waals surface area contributed by atoms with Crippen molar-refractivity contribution in [3.63, 3.8) is 0 Å². The molecule has 0 bridgehead atoms. The quantitative estimate of drug-likeness (QED) is 0.421. The Hall–Kier alpha value is -3.28. The topological polar surface area (TPSA) is 68.5 Å². The first-order valence-corrected chi connectivity index (χ1v) is 9.69. The summed E-state index contributed by atoms with van der Waals surface area (Å²) in [6, 6.07) is 18.2. The van der Waals surface area contributed by atoms with E-state index in [1.165, 1.54) is 12.1 Å². The Kier molecular flexibility index (Phi) is 5.48. The monoisotopic (exact) mass is 439 g/mol. The zero-order valence-electron chi connectivity index (χ0n) is 15.7. The van der Waals surface area contributed by atoms with Crippen molar-refractivity contribution in [2.45, 2.75) is 0 Å². The van der Waals surface area contributed by atoms with E-state index < -0.39 is 0 Å². The van der Waals surface area contributed by atoms with Crippen molar-refractivity contribution in [2.75, 3.05) is 12.4 Å². The van der Waals surface area contributed by atoms with Gasteiger partial charge in [0, 0.05) is 22.9 Å². The van der Waals surface area contributed by atoms with E-state index >= 15 is 0 Å². The molecule has 1 heterocycles. The molecule has 0 saturated carbocycles. The number of hydrogen-bond acceptors (Lipinski definition) is 4. The Morgan fingerprint density at radius 3 is 2.40 bits per heavy atom. The third kappa shape index (κ3) is 4.03. The molecular weight excluding hydrogens is 425 g/mol. The fourth-order valence-corrected chi connectivity index (χ4v) is 3.26. The maximum atomic E-state index is 12.5. The first-order chi connectivity index (χ1) is 14.4. The minimum atomic E-state index is -0.312. The van der Waals surface area contributed by atoms with Crippen molar-refractivity contribution >= 4 is 45.8 Å². The minimum absolute atomic E-state index is 0.165. The number of carbonyl (C=O) groups is 1. The lowest BCUT2D eigenvalue weighted by molar-refractivity contribution is 0.102. The predicted octanol–water partition coefficient (Wildman–Crippen LogP) is 6.03. The summed E-state index contributed by atoms with van der Waals surface area (Å²) in [5, 5.41) is 3.93. The summed E-state index contributed by atoms with van der Waals surface area (Å²) in [5.74, 6) is 0.706. The van der Waals surface area contributed by atoms with Crippen LogP contribution in [0.2, 0.25) is 10.0 Å². The van der Waals surface area contributed by atoms with E-state index in [1.54, 1.807) is 61.7 Å². The molecule has 4 rings (SSSR count). The molecule has 1 N–H and O–H groups in total. The number of hydrogen-bond donors (Lipinski definition) is 1. The van der Waals surface area contributed by atoms with Gasteiger partial charge in [0.15, 0.2) is 5.43 Å². The maximum absolute atomic E-state index is 12.5. The summed E-state index contributed by atoms with van der Waals surface area (Å²) in [4.78, 5) is 24.9. The van der Waals surface area contributed by atoms with Gasteiger partial charge in [-0.3, -0.25) is 9.59 Å². The second-order valence-corrected chi connectivity index (χ2v) is 7.31. The van der Waals surface area contributed by atoms with E-state index in [9.17, 15) is 9.59 Å². The molecular formula is C23H15Cl2NO4. The van der Waals surface area contributed by atoms with E-state index in [1.807, 2.05) is 0 Å². The second kappa shape index (κ2) is 8.22. The van der Waals surface area contributed by atoms with Crippen LogP contribution >= 0.6 is 23.2 Å². The molecule has 0 aliphatic carbocycles. The van der Waals surface area contributed by atoms with Gasteiger partial charge in [-0.1, -0.05) is 23.2 Å². The van der Waals surface area contributed by atoms with Gasteiger partial charge in [-0.2, -0.15) is 0 Å². The van der Waals surface area contributed by atoms with Crippen LogP contribution in [-0.2, 0) is 0 Å². The molecule has 1 aromatic heterocycles. The molecule has 150 valence electrons. The number of benzene rings is 3. The van der Waals surface area contributed by atoms with E-state index in [2.05, 4.69) is 5.32 Å². The van der Waals surface area contributed by atoms with Gasteiger partial charge >= 0.3 is 0 Å². The lowest BCUT2D eigenvalue weighted by Gasteiger charge is -2.08. The highest BCUT2D eigenvalue weighted by Gasteiger charge is 2.11. The van der Waals surface area contributed by atoms with Crippen LogP contribution in [0.4, 0.5) is 5.69 Å². The van der Waals surface area contributed by atoms with Gasteiger partial charge in [-0.05, 0) is 60.7 Å². The number of halogens is 2. The van der Waals surface area contributed by atoms with Crippen LogP contribution in [0.5, 0.6) is 5.75 Å². The van der Waals surface area contributed by atoms with Crippen LogP contribution < -0.4 is 15.5 Å². The number of fused-ring (bicyclic) bond motifs is 1. The number of anilines is 1. The van der Waals surface area contributed by atoms with E-state index in [-0.39, 0.29) is 11.3 Å². The van der Waals surface area contributed by atoms with Gasteiger partial charge in [0.1, 0.15) is 17.1 Å². The van der Waals surface area contributed by atoms with Crippen LogP contribution in [-0.4, -0.2) is 13.0 Å². The van der Waals surface area contributed by atoms with Crippen LogP contribution in [0, 0.1) is 0 Å². The van der Waals surface area contributed by atoms with Crippen LogP contribution in [0.3, 0.4) is 0 Å². The molecule has 30 heavy (non-hydrogen) atoms. The molecule has 3 aromatic carbocycles. The molecule has 0 aliphatic rings. The molecule has 4 aromatic rings. The van der Waals surface area contributed by atoms with Gasteiger partial charge in [0.25, 0.3) is 5.91 Å². The normalized spacial score (nSPS) is 10.8. The fourth-order valence-electron chi connectivity index (χ4n) is 2.96. The van der Waals surface area contributed by atoms with Crippen LogP contribution in [0.1, 0.15) is 10.4 Å². The average molecular weight is 440 g/mol. The Labute approximate surface area is 181 Å². The molecule has 0 aliphatic heterocycles. The Bertz CT molecular complexity index is 1310. The summed E-state index contributed by atoms with van der Waals surface area (Å²) in [6.45, 7) is 0. The van der Waals surface area contributed by atoms with Crippen molar-refractivity contribution < 1.29 is 13.9 Å². The Morgan fingerprint density at radius 1 is 0.933 bits per heavy atom. The lowest BCUT2D eigenvalue weighted by Crippen LogP contribution is -2.11. The molecule has 7 heteroatoms. The fraction of sp³-hybridized carbons (Fsp3) is 0.0435. The van der Waals surface area contributed by atoms with Crippen molar-refractivity contribution in [1.82, 2.24) is 0 Å². The number of nitrogens with one attached hydrogen (secondary N) is 1. The third-order valence-electron chi connectivity index (χ3n) is 4.54. The SMILES string of the molecule is COc1ccc2oc(-c3ccc(NC(=O)c4ccc(Cl)c(Cl)c4)cc3)cc(=O)c2c1. The molecule has 0 spiro atoms. The minimum Gasteiger partial charge on any atom is -0.497 e. The first-order valence-electron chi connectivity index (χ1n) is 8.93. The van der Waals surface area contributed by atoms with Gasteiger partial charge in [-0.15, -0.1) is 0 Å². The molecule has 0 radical (unpaired) electrons. The molecule has 0 fully saturated rings. The summed E-state index contributed by atoms with van der Waals surface area (Å²) >= 11 is 11.8. The summed E-state index contributed by atoms with van der Waals surface area (Å²) in [5.41, 5.74) is 1.99. The highest BCUT2D eigenvalue weighted by molar-refractivity contribution is 6.42. The first kappa shape index (κ1) is 20.0. The van der Waals surface area contributed by atoms with Gasteiger partial charge in [0.05, 0.1) is 22.5 Å². The van der Waals surface area contributed by atoms with Gasteiger partial charge < -0.3 is 14.5 Å². The van der Waals surface area contributed by atoms with Crippen molar-refractivity contribution in [3.8, 4) is 17.1 Å². The number of rotatable bonds is 4. The number of ether oxygens (including phenoxy) is 1. The van der Waals surface area contributed by atoms with Crippen molar-refractivity contribution in [1.29, 1.82) is 0 Å². The maximum Gasteiger partial charge on any atom is 0.255 e. The van der Waals surface area contributed by atoms with Gasteiger partial charge in [-0.25, -0.2) is 0 Å². The Balaban J connectivity index is 1.58. The molecule has 0 atom stereocenters. The smallest absolute Gasteiger partial charge is 0.255 e. The summed E-state index contributed by atoms with van der Waals surface area (Å²) in [6.07, 6.45) is 0. The van der Waals surface area contributed by atoms with Crippen LogP contribution in [0.15, 0.2) is 75.9 Å². The van der Waals surface area contributed by atoms with Crippen LogP contribution in [0.25, 0.3) is 22.3 Å². The third-order valence-corrected chi connectivity index (χ3v) is 5.28. The van der Waals surface area contributed by atoms with E-state index in [4.69, 9.17) is 32.4 Å². The summed E-state index contributed by atoms with van der Waals surface area (Å²) in [7, 11) is 1.54. The Morgan fingerprint density at radius 2 is 1.70 bits per heavy atom. The number of carbonyl (C=O) groups excluding carboxylic acids is 1. The van der Waals surface area contributed by atoms with Gasteiger partial charge in [0.2, 0.25) is 0 Å². The van der Waals surface area contributed by atoms with E-state index in [0.717, 1.165) is 0 Å². The molecule has 0 unspecified atom stereocenters. The highest BCUT2D eigenvalue weighted by atomic mass is 35.5. The molecule has 0 saturated heterocycles. The number of amides is 1. The highest BCUT2D eigenvalue weighted by Crippen LogP contribution is 2.26. The van der Waals surface area contributed by atoms with E-state index in [0.29, 0.717) is 49.3 Å². The second-order valence-electron chi connectivity index (χ2n) is 6.50. The summed E-state index contributed by atoms with van der Waals surface area (Å²) < 4.78 is 11.0. The lowest BCUT2D eigenvalue weighted by atomic mass is 10.1.